The molecule has 0 aromatic heterocycles. The second kappa shape index (κ2) is 6.06. The first kappa shape index (κ1) is 13.3. The fraction of sp³-hybridized carbons (Fsp3) is 0.909. The molecular weight excluding hydrogens is 206 g/mol. The van der Waals surface area contributed by atoms with Gasteiger partial charge in [-0.05, 0) is 20.8 Å². The molecule has 0 atom stereocenters. The highest BCUT2D eigenvalue weighted by Crippen LogP contribution is 2.06. The Balaban J connectivity index is 2.08. The second-order valence-corrected chi connectivity index (χ2v) is 4.95. The molecule has 0 bridgehead atoms. The summed E-state index contributed by atoms with van der Waals surface area (Å²) in [7, 11) is 0. The summed E-state index contributed by atoms with van der Waals surface area (Å²) in [5.41, 5.74) is -0.449. The maximum absolute atomic E-state index is 11.3. The van der Waals surface area contributed by atoms with Crippen LogP contribution in [0.1, 0.15) is 20.8 Å². The summed E-state index contributed by atoms with van der Waals surface area (Å²) in [5, 5.41) is 7.16. The van der Waals surface area contributed by atoms with Crippen molar-refractivity contribution in [3.8, 4) is 0 Å². The van der Waals surface area contributed by atoms with Crippen molar-refractivity contribution in [2.45, 2.75) is 26.4 Å². The van der Waals surface area contributed by atoms with E-state index in [1.165, 1.54) is 0 Å². The summed E-state index contributed by atoms with van der Waals surface area (Å²) >= 11 is 0. The number of piperazine rings is 1. The van der Waals surface area contributed by atoms with Crippen molar-refractivity contribution in [3.05, 3.63) is 0 Å². The number of carbonyl (C=O) groups excluding carboxylic acids is 1. The van der Waals surface area contributed by atoms with Crippen molar-refractivity contribution in [2.24, 2.45) is 0 Å². The Morgan fingerprint density at radius 2 is 2.00 bits per heavy atom. The monoisotopic (exact) mass is 228 g/mol. The van der Waals surface area contributed by atoms with Crippen LogP contribution < -0.4 is 10.6 Å². The van der Waals surface area contributed by atoms with Crippen molar-refractivity contribution < 1.29 is 9.53 Å². The van der Waals surface area contributed by atoms with Crippen LogP contribution in [0.2, 0.25) is 0 Å². The van der Waals surface area contributed by atoms with Gasteiger partial charge in [-0.15, -0.1) is 0 Å². The predicted molar refractivity (Wildman–Crippen MR) is 62.5 cm³/mol. The number of rotatable bonds is 3. The molecule has 16 heavy (non-hydrogen) atoms. The summed E-state index contributed by atoms with van der Waals surface area (Å²) in [6.45, 7) is 11.0. The first-order valence-corrected chi connectivity index (χ1v) is 5.81. The van der Waals surface area contributed by atoms with Gasteiger partial charge in [0.2, 0.25) is 0 Å². The van der Waals surface area contributed by atoms with Gasteiger partial charge in [-0.3, -0.25) is 4.90 Å². The highest BCUT2D eigenvalue weighted by Gasteiger charge is 2.17. The highest BCUT2D eigenvalue weighted by molar-refractivity contribution is 5.67. The Morgan fingerprint density at radius 3 is 2.56 bits per heavy atom. The maximum Gasteiger partial charge on any atom is 0.429 e. The molecule has 0 aromatic rings. The van der Waals surface area contributed by atoms with E-state index in [0.29, 0.717) is 6.54 Å². The molecule has 1 fully saturated rings. The maximum atomic E-state index is 11.3. The predicted octanol–water partition coefficient (Wildman–Crippen LogP) is 0.431. The van der Waals surface area contributed by atoms with Gasteiger partial charge in [-0.2, -0.15) is 0 Å². The van der Waals surface area contributed by atoms with Crippen molar-refractivity contribution in [1.29, 1.82) is 0 Å². The minimum atomic E-state index is -0.456. The number of hydrogen-bond acceptors (Lipinski definition) is 4. The SMILES string of the molecule is CC(C)(C)OC(=O)[N]CCN1CCNCC1. The molecule has 5 heteroatoms. The molecule has 0 saturated carbocycles. The van der Waals surface area contributed by atoms with Crippen LogP contribution in [0.25, 0.3) is 0 Å². The Labute approximate surface area is 97.5 Å². The van der Waals surface area contributed by atoms with E-state index in [2.05, 4.69) is 15.5 Å². The van der Waals surface area contributed by atoms with E-state index >= 15 is 0 Å². The zero-order valence-corrected chi connectivity index (χ0v) is 10.5. The van der Waals surface area contributed by atoms with E-state index in [1.54, 1.807) is 0 Å². The second-order valence-electron chi connectivity index (χ2n) is 4.95. The molecular formula is C11H22N3O2. The standard InChI is InChI=1S/C11H22N3O2/c1-11(2,3)16-10(15)13-6-9-14-7-4-12-5-8-14/h12H,4-9H2,1-3H3. The fourth-order valence-electron chi connectivity index (χ4n) is 1.51. The first-order valence-electron chi connectivity index (χ1n) is 5.81. The number of ether oxygens (including phenoxy) is 1. The number of nitrogens with one attached hydrogen (secondary N) is 1. The van der Waals surface area contributed by atoms with Gasteiger partial charge in [0, 0.05) is 32.7 Å². The Hall–Kier alpha value is -0.810. The molecule has 0 aliphatic carbocycles. The molecule has 1 N–H and O–H groups in total. The third-order valence-corrected chi connectivity index (χ3v) is 2.26. The average molecular weight is 228 g/mol. The molecule has 1 aliphatic rings. The van der Waals surface area contributed by atoms with Crippen molar-refractivity contribution in [2.75, 3.05) is 39.3 Å². The molecule has 1 radical (unpaired) electrons. The van der Waals surface area contributed by atoms with Crippen LogP contribution >= 0.6 is 0 Å². The van der Waals surface area contributed by atoms with E-state index in [0.717, 1.165) is 32.7 Å². The van der Waals surface area contributed by atoms with E-state index in [9.17, 15) is 4.79 Å². The molecule has 1 amide bonds. The molecule has 5 nitrogen and oxygen atoms in total. The van der Waals surface area contributed by atoms with Crippen LogP contribution in [0.4, 0.5) is 4.79 Å². The zero-order chi connectivity index (χ0) is 12.0. The lowest BCUT2D eigenvalue weighted by atomic mass is 10.2. The van der Waals surface area contributed by atoms with E-state index in [1.807, 2.05) is 20.8 Å². The van der Waals surface area contributed by atoms with Crippen LogP contribution in [0.3, 0.4) is 0 Å². The summed E-state index contributed by atoms with van der Waals surface area (Å²) in [5.74, 6) is 0. The van der Waals surface area contributed by atoms with Crippen LogP contribution in [-0.2, 0) is 4.74 Å². The zero-order valence-electron chi connectivity index (χ0n) is 10.5. The minimum absolute atomic E-state index is 0.449. The number of amides is 1. The van der Waals surface area contributed by atoms with E-state index in [4.69, 9.17) is 4.74 Å². The van der Waals surface area contributed by atoms with Crippen molar-refractivity contribution in [1.82, 2.24) is 15.5 Å². The Kier molecular flexibility index (Phi) is 5.02. The minimum Gasteiger partial charge on any atom is -0.442 e. The molecule has 0 spiro atoms. The van der Waals surface area contributed by atoms with Gasteiger partial charge in [0.1, 0.15) is 5.60 Å². The van der Waals surface area contributed by atoms with Gasteiger partial charge in [-0.1, -0.05) is 0 Å². The largest absolute Gasteiger partial charge is 0.442 e. The van der Waals surface area contributed by atoms with Gasteiger partial charge >= 0.3 is 6.09 Å². The summed E-state index contributed by atoms with van der Waals surface area (Å²) < 4.78 is 5.09. The average Bonchev–Trinajstić information content (AvgIpc) is 2.16. The van der Waals surface area contributed by atoms with Crippen LogP contribution in [0.5, 0.6) is 0 Å². The third kappa shape index (κ3) is 5.92. The summed E-state index contributed by atoms with van der Waals surface area (Å²) in [6.07, 6.45) is -0.456. The number of carbonyl (C=O) groups is 1. The van der Waals surface area contributed by atoms with Crippen molar-refractivity contribution in [3.63, 3.8) is 0 Å². The van der Waals surface area contributed by atoms with E-state index in [-0.39, 0.29) is 0 Å². The van der Waals surface area contributed by atoms with Gasteiger partial charge in [0.15, 0.2) is 0 Å². The molecule has 1 aliphatic heterocycles. The molecule has 1 rings (SSSR count). The van der Waals surface area contributed by atoms with E-state index < -0.39 is 11.7 Å². The van der Waals surface area contributed by atoms with Gasteiger partial charge in [-0.25, -0.2) is 10.1 Å². The molecule has 1 heterocycles. The lowest BCUT2D eigenvalue weighted by molar-refractivity contribution is 0.0514. The van der Waals surface area contributed by atoms with Gasteiger partial charge in [0.25, 0.3) is 0 Å². The third-order valence-electron chi connectivity index (χ3n) is 2.26. The van der Waals surface area contributed by atoms with Gasteiger partial charge < -0.3 is 10.1 Å². The molecule has 93 valence electrons. The normalized spacial score (nSPS) is 18.2. The number of nitrogens with zero attached hydrogens (tertiary/aromatic N) is 2. The lowest BCUT2D eigenvalue weighted by Crippen LogP contribution is -2.45. The molecule has 0 unspecified atom stereocenters. The lowest BCUT2D eigenvalue weighted by Gasteiger charge is -2.26. The molecule has 1 saturated heterocycles. The smallest absolute Gasteiger partial charge is 0.429 e. The highest BCUT2D eigenvalue weighted by atomic mass is 16.6. The first-order chi connectivity index (χ1) is 7.47. The fourth-order valence-corrected chi connectivity index (χ4v) is 1.51. The summed E-state index contributed by atoms with van der Waals surface area (Å²) in [6, 6.07) is 0. The quantitative estimate of drug-likeness (QED) is 0.761. The van der Waals surface area contributed by atoms with Crippen LogP contribution in [-0.4, -0.2) is 55.9 Å². The Morgan fingerprint density at radius 1 is 1.38 bits per heavy atom. The molecule has 0 aromatic carbocycles. The summed E-state index contributed by atoms with van der Waals surface area (Å²) in [4.78, 5) is 13.6. The van der Waals surface area contributed by atoms with Crippen LogP contribution in [0.15, 0.2) is 0 Å². The van der Waals surface area contributed by atoms with Crippen molar-refractivity contribution >= 4 is 6.09 Å². The Bertz CT molecular complexity index is 220. The van der Waals surface area contributed by atoms with Crippen LogP contribution in [0, 0.1) is 0 Å². The van der Waals surface area contributed by atoms with Gasteiger partial charge in [0.05, 0.1) is 6.54 Å². The number of hydrogen-bond donors (Lipinski definition) is 1. The topological polar surface area (TPSA) is 55.7 Å².